The van der Waals surface area contributed by atoms with Crippen molar-refractivity contribution in [2.75, 3.05) is 0 Å². The summed E-state index contributed by atoms with van der Waals surface area (Å²) in [6.07, 6.45) is 13.7. The maximum absolute atomic E-state index is 10.2. The highest BCUT2D eigenvalue weighted by atomic mass is 32.1. The first kappa shape index (κ1) is 18.6. The maximum atomic E-state index is 10.2. The summed E-state index contributed by atoms with van der Waals surface area (Å²) >= 11 is 4.07. The molecule has 0 radical (unpaired) electrons. The van der Waals surface area contributed by atoms with Gasteiger partial charge in [0, 0.05) is 0 Å². The second-order valence-corrected chi connectivity index (χ2v) is 5.74. The van der Waals surface area contributed by atoms with Crippen LogP contribution >= 0.6 is 12.6 Å². The molecule has 3 nitrogen and oxygen atoms in total. The number of carbonyl (C=O) groups is 1. The van der Waals surface area contributed by atoms with Crippen molar-refractivity contribution in [2.45, 2.75) is 89.4 Å². The van der Waals surface area contributed by atoms with E-state index in [1.165, 1.54) is 57.8 Å². The van der Waals surface area contributed by atoms with E-state index < -0.39 is 11.6 Å². The molecule has 1 unspecified atom stereocenters. The Hall–Kier alpha value is -0.380. The van der Waals surface area contributed by atoms with E-state index in [0.29, 0.717) is 6.42 Å². The topological polar surface area (TPSA) is 46.5 Å². The molecule has 1 N–H and O–H groups in total. The molecule has 0 heterocycles. The van der Waals surface area contributed by atoms with Crippen LogP contribution in [0.5, 0.6) is 0 Å². The fourth-order valence-electron chi connectivity index (χ4n) is 2.16. The number of unbranched alkanes of at least 4 members (excludes halogenated alkanes) is 10. The summed E-state index contributed by atoms with van der Waals surface area (Å²) in [5.74, 6) is 0. The number of ether oxygens (including phenoxy) is 1. The molecular weight excluding hydrogens is 260 g/mol. The van der Waals surface area contributed by atoms with Gasteiger partial charge >= 0.3 is 6.16 Å². The maximum Gasteiger partial charge on any atom is 0.506 e. The highest BCUT2D eigenvalue weighted by Gasteiger charge is 2.07. The highest BCUT2D eigenvalue weighted by Crippen LogP contribution is 2.14. The van der Waals surface area contributed by atoms with Crippen LogP contribution in [0.25, 0.3) is 0 Å². The minimum Gasteiger partial charge on any atom is -0.450 e. The fourth-order valence-corrected chi connectivity index (χ4v) is 2.43. The van der Waals surface area contributed by atoms with Crippen molar-refractivity contribution in [1.29, 1.82) is 0 Å². The largest absolute Gasteiger partial charge is 0.506 e. The monoisotopic (exact) mass is 290 g/mol. The zero-order valence-electron chi connectivity index (χ0n) is 12.3. The van der Waals surface area contributed by atoms with E-state index in [-0.39, 0.29) is 0 Å². The predicted octanol–water partition coefficient (Wildman–Crippen LogP) is 5.64. The smallest absolute Gasteiger partial charge is 0.450 e. The van der Waals surface area contributed by atoms with E-state index >= 15 is 0 Å². The van der Waals surface area contributed by atoms with Gasteiger partial charge in [-0.2, -0.15) is 0 Å². The van der Waals surface area contributed by atoms with E-state index in [1.54, 1.807) is 0 Å². The molecule has 0 aliphatic rings. The second kappa shape index (κ2) is 14.0. The molecule has 0 aliphatic carbocycles. The molecule has 0 aromatic heterocycles. The van der Waals surface area contributed by atoms with Crippen LogP contribution in [0.3, 0.4) is 0 Å². The minimum atomic E-state index is -1.23. The van der Waals surface area contributed by atoms with Crippen LogP contribution in [-0.2, 0) is 4.74 Å². The molecule has 0 aliphatic heterocycles. The molecule has 0 aromatic rings. The minimum absolute atomic E-state index is 0.462. The Bertz CT molecular complexity index is 210. The van der Waals surface area contributed by atoms with Gasteiger partial charge in [-0.1, -0.05) is 71.1 Å². The summed E-state index contributed by atoms with van der Waals surface area (Å²) in [5.41, 5.74) is -0.462. The lowest BCUT2D eigenvalue weighted by Crippen LogP contribution is -2.10. The molecule has 0 saturated heterocycles. The van der Waals surface area contributed by atoms with E-state index in [1.807, 2.05) is 0 Å². The average molecular weight is 290 g/mol. The van der Waals surface area contributed by atoms with Crippen LogP contribution in [0.15, 0.2) is 0 Å². The third-order valence-electron chi connectivity index (χ3n) is 3.29. The number of rotatable bonds is 13. The Labute approximate surface area is 123 Å². The van der Waals surface area contributed by atoms with E-state index in [2.05, 4.69) is 24.3 Å². The second-order valence-electron chi connectivity index (χ2n) is 5.16. The van der Waals surface area contributed by atoms with Crippen molar-refractivity contribution in [3.63, 3.8) is 0 Å². The van der Waals surface area contributed by atoms with Gasteiger partial charge in [0.25, 0.3) is 0 Å². The van der Waals surface area contributed by atoms with Gasteiger partial charge in [0.15, 0.2) is 0 Å². The van der Waals surface area contributed by atoms with Crippen LogP contribution in [0.4, 0.5) is 4.79 Å². The summed E-state index contributed by atoms with van der Waals surface area (Å²) in [6, 6.07) is 0. The normalized spacial score (nSPS) is 12.3. The standard InChI is InChI=1S/C15H30O3S/c1-2-3-4-5-6-7-8-9-10-11-12-13-14(19)18-15(16)17/h14,19H,2-13H2,1H3,(H,16,17). The Kier molecular flexibility index (Phi) is 13.8. The molecule has 0 rings (SSSR count). The molecule has 0 saturated carbocycles. The van der Waals surface area contributed by atoms with Crippen molar-refractivity contribution >= 4 is 18.8 Å². The van der Waals surface area contributed by atoms with Crippen LogP contribution in [0.2, 0.25) is 0 Å². The lowest BCUT2D eigenvalue weighted by molar-refractivity contribution is 0.0796. The lowest BCUT2D eigenvalue weighted by atomic mass is 10.1. The van der Waals surface area contributed by atoms with Crippen molar-refractivity contribution in [3.8, 4) is 0 Å². The predicted molar refractivity (Wildman–Crippen MR) is 83.0 cm³/mol. The zero-order chi connectivity index (χ0) is 14.3. The Balaban J connectivity index is 3.08. The van der Waals surface area contributed by atoms with Crippen molar-refractivity contribution in [3.05, 3.63) is 0 Å². The lowest BCUT2D eigenvalue weighted by Gasteiger charge is -2.09. The first-order valence-electron chi connectivity index (χ1n) is 7.74. The van der Waals surface area contributed by atoms with Gasteiger partial charge < -0.3 is 9.84 Å². The van der Waals surface area contributed by atoms with E-state index in [0.717, 1.165) is 12.8 Å². The number of thiol groups is 1. The quantitative estimate of drug-likeness (QED) is 0.200. The molecule has 0 bridgehead atoms. The Morgan fingerprint density at radius 2 is 1.37 bits per heavy atom. The summed E-state index contributed by atoms with van der Waals surface area (Å²) in [5, 5.41) is 8.39. The molecule has 0 spiro atoms. The van der Waals surface area contributed by atoms with Crippen molar-refractivity contribution < 1.29 is 14.6 Å². The van der Waals surface area contributed by atoms with Crippen LogP contribution in [0.1, 0.15) is 84.0 Å². The van der Waals surface area contributed by atoms with Gasteiger partial charge in [0.2, 0.25) is 0 Å². The summed E-state index contributed by atoms with van der Waals surface area (Å²) in [6.45, 7) is 2.25. The van der Waals surface area contributed by atoms with E-state index in [9.17, 15) is 4.79 Å². The molecule has 114 valence electrons. The SMILES string of the molecule is CCCCCCCCCCCCCC(S)OC(=O)O. The van der Waals surface area contributed by atoms with Gasteiger partial charge in [0.1, 0.15) is 5.44 Å². The molecule has 1 atom stereocenters. The van der Waals surface area contributed by atoms with E-state index in [4.69, 9.17) is 5.11 Å². The Morgan fingerprint density at radius 3 is 1.79 bits per heavy atom. The van der Waals surface area contributed by atoms with Crippen LogP contribution in [-0.4, -0.2) is 16.7 Å². The molecule has 0 fully saturated rings. The first-order valence-corrected chi connectivity index (χ1v) is 8.26. The highest BCUT2D eigenvalue weighted by molar-refractivity contribution is 7.80. The average Bonchev–Trinajstić information content (AvgIpc) is 2.35. The zero-order valence-corrected chi connectivity index (χ0v) is 13.2. The number of hydrogen-bond acceptors (Lipinski definition) is 3. The number of carboxylic acid groups (broad SMARTS) is 1. The molecule has 0 amide bonds. The summed E-state index contributed by atoms with van der Waals surface area (Å²) < 4.78 is 4.52. The summed E-state index contributed by atoms with van der Waals surface area (Å²) in [4.78, 5) is 10.2. The van der Waals surface area contributed by atoms with Crippen LogP contribution < -0.4 is 0 Å². The molecule has 0 aromatic carbocycles. The third-order valence-corrected chi connectivity index (χ3v) is 3.66. The van der Waals surface area contributed by atoms with Crippen molar-refractivity contribution in [1.82, 2.24) is 0 Å². The fraction of sp³-hybridized carbons (Fsp3) is 0.933. The van der Waals surface area contributed by atoms with Gasteiger partial charge in [-0.3, -0.25) is 0 Å². The van der Waals surface area contributed by atoms with Crippen LogP contribution in [0, 0.1) is 0 Å². The van der Waals surface area contributed by atoms with Crippen molar-refractivity contribution in [2.24, 2.45) is 0 Å². The number of hydrogen-bond donors (Lipinski definition) is 2. The molecular formula is C15H30O3S. The molecule has 4 heteroatoms. The first-order chi connectivity index (χ1) is 9.16. The van der Waals surface area contributed by atoms with Gasteiger partial charge in [-0.25, -0.2) is 4.79 Å². The van der Waals surface area contributed by atoms with Gasteiger partial charge in [-0.05, 0) is 12.8 Å². The van der Waals surface area contributed by atoms with Gasteiger partial charge in [-0.15, -0.1) is 12.6 Å². The summed E-state index contributed by atoms with van der Waals surface area (Å²) in [7, 11) is 0. The van der Waals surface area contributed by atoms with Gasteiger partial charge in [0.05, 0.1) is 0 Å². The third kappa shape index (κ3) is 15.6. The molecule has 19 heavy (non-hydrogen) atoms. The Morgan fingerprint density at radius 1 is 0.947 bits per heavy atom.